The van der Waals surface area contributed by atoms with Gasteiger partial charge in [-0.1, -0.05) is 12.1 Å². The van der Waals surface area contributed by atoms with Gasteiger partial charge in [0.2, 0.25) is 0 Å². The fourth-order valence-electron chi connectivity index (χ4n) is 4.19. The molecular weight excluding hydrogens is 342 g/mol. The lowest BCUT2D eigenvalue weighted by atomic mass is 9.89. The van der Waals surface area contributed by atoms with Crippen molar-refractivity contribution in [3.05, 3.63) is 46.6 Å². The molecule has 1 aliphatic heterocycles. The predicted molar refractivity (Wildman–Crippen MR) is 109 cm³/mol. The Balaban J connectivity index is 1.43. The van der Waals surface area contributed by atoms with Gasteiger partial charge in [-0.05, 0) is 67.2 Å². The molecule has 2 aromatic heterocycles. The molecule has 3 heterocycles. The maximum absolute atomic E-state index is 5.49. The number of hydrogen-bond acceptors (Lipinski definition) is 5. The first kappa shape index (κ1) is 17.3. The highest BCUT2D eigenvalue weighted by Gasteiger charge is 2.22. The van der Waals surface area contributed by atoms with Gasteiger partial charge in [0.25, 0.3) is 0 Å². The number of ether oxygens (including phenoxy) is 1. The molecule has 0 saturated carbocycles. The zero-order chi connectivity index (χ0) is 18.1. The van der Waals surface area contributed by atoms with Crippen LogP contribution in [-0.2, 0) is 6.42 Å². The van der Waals surface area contributed by atoms with Gasteiger partial charge in [-0.25, -0.2) is 9.97 Å². The van der Waals surface area contributed by atoms with Gasteiger partial charge in [0.15, 0.2) is 0 Å². The van der Waals surface area contributed by atoms with Crippen LogP contribution in [0.3, 0.4) is 0 Å². The van der Waals surface area contributed by atoms with Crippen molar-refractivity contribution in [3.63, 3.8) is 0 Å². The van der Waals surface area contributed by atoms with Crippen molar-refractivity contribution in [1.29, 1.82) is 0 Å². The zero-order valence-electron chi connectivity index (χ0n) is 15.7. The van der Waals surface area contributed by atoms with Gasteiger partial charge in [-0.2, -0.15) is 0 Å². The molecule has 0 N–H and O–H groups in total. The largest absolute Gasteiger partial charge is 0.496 e. The van der Waals surface area contributed by atoms with Gasteiger partial charge in [0.1, 0.15) is 22.7 Å². The van der Waals surface area contributed by atoms with Crippen molar-refractivity contribution in [2.24, 2.45) is 5.92 Å². The van der Waals surface area contributed by atoms with Crippen LogP contribution in [0.2, 0.25) is 0 Å². The Hall–Kier alpha value is -2.14. The summed E-state index contributed by atoms with van der Waals surface area (Å²) in [5.74, 6) is 2.86. The van der Waals surface area contributed by atoms with Crippen LogP contribution >= 0.6 is 11.3 Å². The molecule has 1 aliphatic rings. The van der Waals surface area contributed by atoms with E-state index >= 15 is 0 Å². The number of aromatic nitrogens is 2. The van der Waals surface area contributed by atoms with Crippen molar-refractivity contribution in [2.75, 3.05) is 25.1 Å². The summed E-state index contributed by atoms with van der Waals surface area (Å²) in [5.41, 5.74) is 3.91. The maximum Gasteiger partial charge on any atom is 0.140 e. The molecule has 5 heteroatoms. The Morgan fingerprint density at radius 1 is 1.15 bits per heavy atom. The van der Waals surface area contributed by atoms with Crippen LogP contribution in [-0.4, -0.2) is 30.2 Å². The van der Waals surface area contributed by atoms with Crippen LogP contribution in [0.4, 0.5) is 5.82 Å². The van der Waals surface area contributed by atoms with Crippen LogP contribution < -0.4 is 9.64 Å². The lowest BCUT2D eigenvalue weighted by Gasteiger charge is -2.33. The smallest absolute Gasteiger partial charge is 0.140 e. The zero-order valence-corrected chi connectivity index (χ0v) is 16.5. The second-order valence-corrected chi connectivity index (χ2v) is 8.13. The molecule has 3 aromatic rings. The Morgan fingerprint density at radius 2 is 1.88 bits per heavy atom. The molecule has 0 atom stereocenters. The number of fused-ring (bicyclic) bond motifs is 1. The second kappa shape index (κ2) is 7.23. The monoisotopic (exact) mass is 367 g/mol. The van der Waals surface area contributed by atoms with Crippen LogP contribution in [0.5, 0.6) is 5.75 Å². The third-order valence-corrected chi connectivity index (χ3v) is 6.22. The molecule has 0 bridgehead atoms. The van der Waals surface area contributed by atoms with E-state index in [1.165, 1.54) is 34.9 Å². The van der Waals surface area contributed by atoms with Crippen molar-refractivity contribution in [3.8, 4) is 5.75 Å². The number of anilines is 1. The molecular formula is C21H25N3OS. The summed E-state index contributed by atoms with van der Waals surface area (Å²) < 4.78 is 5.49. The normalized spacial score (nSPS) is 15.6. The maximum atomic E-state index is 5.49. The van der Waals surface area contributed by atoms with Crippen molar-refractivity contribution in [1.82, 2.24) is 9.97 Å². The number of hydrogen-bond donors (Lipinski definition) is 0. The van der Waals surface area contributed by atoms with Gasteiger partial charge in [-0.15, -0.1) is 11.3 Å². The molecule has 0 radical (unpaired) electrons. The minimum Gasteiger partial charge on any atom is -0.496 e. The standard InChI is InChI=1S/C21H25N3OS/c1-14-10-17(11-15(2)19(14)25-3)12-16-4-7-24(8-5-16)20-18-6-9-26-21(18)23-13-22-20/h6,9-11,13,16H,4-5,7-8,12H2,1-3H3. The van der Waals surface area contributed by atoms with Crippen molar-refractivity contribution in [2.45, 2.75) is 33.1 Å². The summed E-state index contributed by atoms with van der Waals surface area (Å²) in [7, 11) is 1.75. The van der Waals surface area contributed by atoms with Gasteiger partial charge in [0, 0.05) is 13.1 Å². The lowest BCUT2D eigenvalue weighted by Crippen LogP contribution is -2.35. The molecule has 0 aliphatic carbocycles. The number of benzene rings is 1. The number of rotatable bonds is 4. The summed E-state index contributed by atoms with van der Waals surface area (Å²) in [6.07, 6.45) is 5.26. The summed E-state index contributed by atoms with van der Waals surface area (Å²) in [6.45, 7) is 6.42. The highest BCUT2D eigenvalue weighted by molar-refractivity contribution is 7.16. The van der Waals surface area contributed by atoms with E-state index in [2.05, 4.69) is 52.3 Å². The molecule has 0 unspecified atom stereocenters. The highest BCUT2D eigenvalue weighted by Crippen LogP contribution is 2.32. The minimum atomic E-state index is 0.734. The Morgan fingerprint density at radius 3 is 2.58 bits per heavy atom. The third kappa shape index (κ3) is 3.28. The number of piperidine rings is 1. The van der Waals surface area contributed by atoms with Gasteiger partial charge in [-0.3, -0.25) is 0 Å². The van der Waals surface area contributed by atoms with E-state index < -0.39 is 0 Å². The molecule has 136 valence electrons. The van der Waals surface area contributed by atoms with Crippen molar-refractivity contribution >= 4 is 27.4 Å². The van der Waals surface area contributed by atoms with Crippen molar-refractivity contribution < 1.29 is 4.74 Å². The second-order valence-electron chi connectivity index (χ2n) is 7.23. The van der Waals surface area contributed by atoms with E-state index in [9.17, 15) is 0 Å². The Bertz CT molecular complexity index is 890. The SMILES string of the molecule is COc1c(C)cc(CC2CCN(c3ncnc4sccc34)CC2)cc1C. The number of nitrogens with zero attached hydrogens (tertiary/aromatic N) is 3. The van der Waals surface area contributed by atoms with E-state index in [0.29, 0.717) is 0 Å². The quantitative estimate of drug-likeness (QED) is 0.665. The first-order valence-corrected chi connectivity index (χ1v) is 10.1. The van der Waals surface area contributed by atoms with Gasteiger partial charge < -0.3 is 9.64 Å². The molecule has 1 aromatic carbocycles. The van der Waals surface area contributed by atoms with E-state index in [0.717, 1.165) is 41.8 Å². The van der Waals surface area contributed by atoms with Crippen LogP contribution in [0, 0.1) is 19.8 Å². The fraction of sp³-hybridized carbons (Fsp3) is 0.429. The van der Waals surface area contributed by atoms with Crippen LogP contribution in [0.25, 0.3) is 10.2 Å². The van der Waals surface area contributed by atoms with E-state index in [-0.39, 0.29) is 0 Å². The number of aryl methyl sites for hydroxylation is 2. The highest BCUT2D eigenvalue weighted by atomic mass is 32.1. The van der Waals surface area contributed by atoms with Crippen LogP contribution in [0.1, 0.15) is 29.5 Å². The molecule has 0 spiro atoms. The molecule has 1 saturated heterocycles. The first-order valence-electron chi connectivity index (χ1n) is 9.23. The van der Waals surface area contributed by atoms with Gasteiger partial charge in [0.05, 0.1) is 12.5 Å². The number of thiophene rings is 1. The summed E-state index contributed by atoms with van der Waals surface area (Å²) in [4.78, 5) is 12.4. The summed E-state index contributed by atoms with van der Waals surface area (Å²) in [6, 6.07) is 6.72. The molecule has 4 nitrogen and oxygen atoms in total. The summed E-state index contributed by atoms with van der Waals surface area (Å²) in [5, 5.41) is 3.29. The Labute approximate surface area is 158 Å². The Kier molecular flexibility index (Phi) is 4.81. The van der Waals surface area contributed by atoms with Crippen LogP contribution in [0.15, 0.2) is 29.9 Å². The van der Waals surface area contributed by atoms with E-state index in [4.69, 9.17) is 4.74 Å². The molecule has 1 fully saturated rings. The average molecular weight is 368 g/mol. The van der Waals surface area contributed by atoms with Gasteiger partial charge >= 0.3 is 0 Å². The minimum absolute atomic E-state index is 0.734. The molecule has 0 amide bonds. The van der Waals surface area contributed by atoms with E-state index in [1.807, 2.05) is 0 Å². The fourth-order valence-corrected chi connectivity index (χ4v) is 4.92. The predicted octanol–water partition coefficient (Wildman–Crippen LogP) is 4.78. The summed E-state index contributed by atoms with van der Waals surface area (Å²) >= 11 is 1.69. The molecule has 26 heavy (non-hydrogen) atoms. The topological polar surface area (TPSA) is 38.2 Å². The third-order valence-electron chi connectivity index (χ3n) is 5.40. The number of methoxy groups -OCH3 is 1. The lowest BCUT2D eigenvalue weighted by molar-refractivity contribution is 0.399. The molecule has 4 rings (SSSR count). The van der Waals surface area contributed by atoms with E-state index in [1.54, 1.807) is 24.8 Å². The average Bonchev–Trinajstić information content (AvgIpc) is 3.11. The first-order chi connectivity index (χ1) is 12.7.